The molecule has 0 amide bonds. The van der Waals surface area contributed by atoms with Gasteiger partial charge < -0.3 is 18.9 Å². The number of sulfonamides is 1. The minimum Gasteiger partial charge on any atom is -0.493 e. The van der Waals surface area contributed by atoms with E-state index in [4.69, 9.17) is 18.9 Å². The second-order valence-corrected chi connectivity index (χ2v) is 9.32. The van der Waals surface area contributed by atoms with Crippen LogP contribution in [0.15, 0.2) is 59.5 Å². The summed E-state index contributed by atoms with van der Waals surface area (Å²) in [6, 6.07) is 13.0. The first-order valence-corrected chi connectivity index (χ1v) is 11.9. The first-order valence-electron chi connectivity index (χ1n) is 10.4. The largest absolute Gasteiger partial charge is 0.493 e. The van der Waals surface area contributed by atoms with Gasteiger partial charge in [-0.3, -0.25) is 4.31 Å². The number of hydrogen-bond donors (Lipinski definition) is 0. The van der Waals surface area contributed by atoms with Gasteiger partial charge in [-0.25, -0.2) is 12.8 Å². The Hall–Kier alpha value is -3.46. The Bertz CT molecular complexity index is 1280. The average molecular weight is 490 g/mol. The van der Waals surface area contributed by atoms with Gasteiger partial charge >= 0.3 is 0 Å². The molecule has 0 fully saturated rings. The molecule has 0 spiro atoms. The molecule has 0 aliphatic heterocycles. The summed E-state index contributed by atoms with van der Waals surface area (Å²) in [5.74, 6) is 1.13. The molecule has 7 nitrogen and oxygen atoms in total. The van der Waals surface area contributed by atoms with Crippen LogP contribution >= 0.6 is 0 Å². The van der Waals surface area contributed by atoms with Crippen molar-refractivity contribution < 1.29 is 31.8 Å². The summed E-state index contributed by atoms with van der Waals surface area (Å²) >= 11 is 0. The fourth-order valence-corrected chi connectivity index (χ4v) is 5.62. The van der Waals surface area contributed by atoms with E-state index in [0.717, 1.165) is 6.07 Å². The Morgan fingerprint density at radius 1 is 0.765 bits per heavy atom. The van der Waals surface area contributed by atoms with E-state index in [2.05, 4.69) is 0 Å². The number of aryl methyl sites for hydroxylation is 1. The number of nitrogens with zero attached hydrogens (tertiary/aromatic N) is 1. The summed E-state index contributed by atoms with van der Waals surface area (Å²) < 4.78 is 64.7. The van der Waals surface area contributed by atoms with Crippen molar-refractivity contribution in [1.82, 2.24) is 0 Å². The topological polar surface area (TPSA) is 74.3 Å². The van der Waals surface area contributed by atoms with E-state index in [1.807, 2.05) is 0 Å². The number of anilines is 1. The third-order valence-electron chi connectivity index (χ3n) is 5.55. The van der Waals surface area contributed by atoms with Crippen LogP contribution in [0.5, 0.6) is 23.0 Å². The molecular formula is C25H28FNO6S. The highest BCUT2D eigenvalue weighted by molar-refractivity contribution is 7.92. The SMILES string of the molecule is COc1ccc(C(C)N(c2ccc(OC)c(OC)c2)S(=O)(=O)c2cc(F)ccc2C)cc1OC. The van der Waals surface area contributed by atoms with E-state index in [-0.39, 0.29) is 4.90 Å². The summed E-state index contributed by atoms with van der Waals surface area (Å²) in [5.41, 5.74) is 1.39. The summed E-state index contributed by atoms with van der Waals surface area (Å²) in [4.78, 5) is -0.130. The van der Waals surface area contributed by atoms with Gasteiger partial charge in [0.15, 0.2) is 23.0 Å². The van der Waals surface area contributed by atoms with E-state index >= 15 is 0 Å². The lowest BCUT2D eigenvalue weighted by atomic mass is 10.1. The van der Waals surface area contributed by atoms with Gasteiger partial charge in [0.05, 0.1) is 45.1 Å². The molecule has 0 saturated carbocycles. The molecule has 34 heavy (non-hydrogen) atoms. The third kappa shape index (κ3) is 4.75. The van der Waals surface area contributed by atoms with Crippen molar-refractivity contribution in [1.29, 1.82) is 0 Å². The molecule has 182 valence electrons. The lowest BCUT2D eigenvalue weighted by Crippen LogP contribution is -2.34. The Balaban J connectivity index is 2.25. The molecule has 1 atom stereocenters. The number of rotatable bonds is 9. The molecule has 9 heteroatoms. The zero-order valence-corrected chi connectivity index (χ0v) is 20.8. The highest BCUT2D eigenvalue weighted by atomic mass is 32.2. The van der Waals surface area contributed by atoms with Crippen LogP contribution in [0.4, 0.5) is 10.1 Å². The maximum absolute atomic E-state index is 14.1. The lowest BCUT2D eigenvalue weighted by Gasteiger charge is -2.32. The summed E-state index contributed by atoms with van der Waals surface area (Å²) in [7, 11) is 1.78. The molecule has 0 aliphatic carbocycles. The summed E-state index contributed by atoms with van der Waals surface area (Å²) in [6.07, 6.45) is 0. The van der Waals surface area contributed by atoms with Gasteiger partial charge in [-0.15, -0.1) is 0 Å². The van der Waals surface area contributed by atoms with Crippen LogP contribution in [0, 0.1) is 12.7 Å². The zero-order valence-electron chi connectivity index (χ0n) is 20.0. The fraction of sp³-hybridized carbons (Fsp3) is 0.280. The van der Waals surface area contributed by atoms with Gasteiger partial charge in [0.2, 0.25) is 0 Å². The highest BCUT2D eigenvalue weighted by Gasteiger charge is 2.33. The fourth-order valence-electron chi connectivity index (χ4n) is 3.74. The number of hydrogen-bond acceptors (Lipinski definition) is 6. The van der Waals surface area contributed by atoms with Gasteiger partial charge in [0.25, 0.3) is 10.0 Å². The highest BCUT2D eigenvalue weighted by Crippen LogP contribution is 2.40. The molecule has 0 saturated heterocycles. The summed E-state index contributed by atoms with van der Waals surface area (Å²) in [6.45, 7) is 3.37. The number of ether oxygens (including phenoxy) is 4. The van der Waals surface area contributed by atoms with Crippen LogP contribution in [0.25, 0.3) is 0 Å². The molecule has 0 aromatic heterocycles. The quantitative estimate of drug-likeness (QED) is 0.415. The van der Waals surface area contributed by atoms with Crippen molar-refractivity contribution in [2.24, 2.45) is 0 Å². The average Bonchev–Trinajstić information content (AvgIpc) is 2.84. The molecule has 3 aromatic carbocycles. The van der Waals surface area contributed by atoms with Crippen molar-refractivity contribution in [2.45, 2.75) is 24.8 Å². The van der Waals surface area contributed by atoms with E-state index in [1.54, 1.807) is 50.2 Å². The molecule has 0 bridgehead atoms. The van der Waals surface area contributed by atoms with Crippen molar-refractivity contribution in [3.05, 3.63) is 71.5 Å². The standard InChI is InChI=1S/C25H28FNO6S/c1-16-7-9-19(26)14-25(16)34(28,29)27(20-10-12-22(31-4)24(15-20)33-6)17(2)18-8-11-21(30-3)23(13-18)32-5/h7-15,17H,1-6H3. The minimum absolute atomic E-state index is 0.130. The first kappa shape index (κ1) is 25.2. The molecule has 0 aliphatic rings. The van der Waals surface area contributed by atoms with Crippen molar-refractivity contribution in [3.63, 3.8) is 0 Å². The third-order valence-corrected chi connectivity index (χ3v) is 7.59. The molecule has 0 heterocycles. The molecular weight excluding hydrogens is 461 g/mol. The number of halogens is 1. The van der Waals surface area contributed by atoms with Crippen molar-refractivity contribution in [3.8, 4) is 23.0 Å². The van der Waals surface area contributed by atoms with Gasteiger partial charge in [0.1, 0.15) is 5.82 Å². The Morgan fingerprint density at radius 3 is 1.91 bits per heavy atom. The van der Waals surface area contributed by atoms with Gasteiger partial charge in [0, 0.05) is 6.07 Å². The van der Waals surface area contributed by atoms with Crippen LogP contribution in [0.1, 0.15) is 24.1 Å². The minimum atomic E-state index is -4.21. The van der Waals surface area contributed by atoms with E-state index in [9.17, 15) is 12.8 Å². The smallest absolute Gasteiger partial charge is 0.265 e. The second kappa shape index (κ2) is 10.2. The summed E-state index contributed by atoms with van der Waals surface area (Å²) in [5, 5.41) is 0. The zero-order chi connectivity index (χ0) is 25.0. The van der Waals surface area contributed by atoms with Crippen LogP contribution in [0.2, 0.25) is 0 Å². The van der Waals surface area contributed by atoms with Crippen LogP contribution in [-0.2, 0) is 10.0 Å². The monoisotopic (exact) mass is 489 g/mol. The van der Waals surface area contributed by atoms with E-state index < -0.39 is 21.9 Å². The predicted octanol–water partition coefficient (Wildman–Crippen LogP) is 5.13. The van der Waals surface area contributed by atoms with E-state index in [1.165, 1.54) is 44.9 Å². The maximum atomic E-state index is 14.1. The predicted molar refractivity (Wildman–Crippen MR) is 128 cm³/mol. The Kier molecular flexibility index (Phi) is 7.56. The van der Waals surface area contributed by atoms with Gasteiger partial charge in [-0.2, -0.15) is 0 Å². The van der Waals surface area contributed by atoms with E-state index in [0.29, 0.717) is 39.8 Å². The molecule has 1 unspecified atom stereocenters. The van der Waals surface area contributed by atoms with Crippen LogP contribution in [-0.4, -0.2) is 36.9 Å². The van der Waals surface area contributed by atoms with Crippen LogP contribution in [0.3, 0.4) is 0 Å². The van der Waals surface area contributed by atoms with Gasteiger partial charge in [-0.05, 0) is 61.4 Å². The Labute approximate surface area is 199 Å². The Morgan fingerprint density at radius 2 is 1.32 bits per heavy atom. The molecule has 0 radical (unpaired) electrons. The van der Waals surface area contributed by atoms with Crippen molar-refractivity contribution >= 4 is 15.7 Å². The lowest BCUT2D eigenvalue weighted by molar-refractivity contribution is 0.354. The second-order valence-electron chi connectivity index (χ2n) is 7.54. The first-order chi connectivity index (χ1) is 16.2. The van der Waals surface area contributed by atoms with Gasteiger partial charge in [-0.1, -0.05) is 12.1 Å². The molecule has 0 N–H and O–H groups in total. The number of benzene rings is 3. The van der Waals surface area contributed by atoms with Crippen molar-refractivity contribution in [2.75, 3.05) is 32.7 Å². The van der Waals surface area contributed by atoms with Crippen LogP contribution < -0.4 is 23.3 Å². The normalized spacial score (nSPS) is 12.1. The maximum Gasteiger partial charge on any atom is 0.265 e. The molecule has 3 aromatic rings. The molecule has 3 rings (SSSR count). The number of methoxy groups -OCH3 is 4.